The summed E-state index contributed by atoms with van der Waals surface area (Å²) in [6.45, 7) is 5.10. The lowest BCUT2D eigenvalue weighted by Gasteiger charge is -2.21. The van der Waals surface area contributed by atoms with Gasteiger partial charge < -0.3 is 10.6 Å². The molecule has 0 aliphatic carbocycles. The Morgan fingerprint density at radius 1 is 1.56 bits per heavy atom. The zero-order chi connectivity index (χ0) is 11.7. The summed E-state index contributed by atoms with van der Waals surface area (Å²) in [5.41, 5.74) is 6.21. The topological polar surface area (TPSA) is 59.2 Å². The van der Waals surface area contributed by atoms with Crippen molar-refractivity contribution in [2.24, 2.45) is 5.92 Å². The number of hydrogen-bond acceptors (Lipinski definition) is 3. The van der Waals surface area contributed by atoms with Gasteiger partial charge in [0.1, 0.15) is 5.82 Å². The summed E-state index contributed by atoms with van der Waals surface area (Å²) in [6, 6.07) is 3.67. The van der Waals surface area contributed by atoms with Gasteiger partial charge in [0, 0.05) is 24.3 Å². The van der Waals surface area contributed by atoms with E-state index in [1.165, 1.54) is 0 Å². The second-order valence-electron chi connectivity index (χ2n) is 4.62. The molecule has 2 unspecified atom stereocenters. The molecule has 0 bridgehead atoms. The molecule has 1 aromatic rings. The van der Waals surface area contributed by atoms with Crippen LogP contribution in [0, 0.1) is 5.92 Å². The predicted octanol–water partition coefficient (Wildman–Crippen LogP) is 1.53. The number of nitrogen functional groups attached to an aromatic ring is 1. The fourth-order valence-electron chi connectivity index (χ4n) is 2.33. The molecule has 1 saturated heterocycles. The Morgan fingerprint density at radius 2 is 2.31 bits per heavy atom. The number of nitrogens with two attached hydrogens (primary N) is 1. The van der Waals surface area contributed by atoms with Crippen LogP contribution in [0.1, 0.15) is 30.6 Å². The molecule has 2 atom stereocenters. The van der Waals surface area contributed by atoms with Crippen molar-refractivity contribution in [1.82, 2.24) is 9.88 Å². The molecule has 4 nitrogen and oxygen atoms in total. The maximum atomic E-state index is 12.2. The van der Waals surface area contributed by atoms with Crippen LogP contribution in [-0.4, -0.2) is 28.4 Å². The van der Waals surface area contributed by atoms with E-state index in [1.54, 1.807) is 18.3 Å². The molecular formula is C12H17N3O. The van der Waals surface area contributed by atoms with E-state index in [0.717, 1.165) is 13.0 Å². The van der Waals surface area contributed by atoms with E-state index in [2.05, 4.69) is 18.8 Å². The predicted molar refractivity (Wildman–Crippen MR) is 62.9 cm³/mol. The first-order valence-corrected chi connectivity index (χ1v) is 5.60. The highest BCUT2D eigenvalue weighted by Gasteiger charge is 2.30. The van der Waals surface area contributed by atoms with Crippen molar-refractivity contribution >= 4 is 11.7 Å². The molecule has 0 saturated carbocycles. The Labute approximate surface area is 95.5 Å². The van der Waals surface area contributed by atoms with E-state index in [9.17, 15) is 4.79 Å². The third-order valence-electron chi connectivity index (χ3n) is 3.07. The average molecular weight is 219 g/mol. The number of hydrogen-bond donors (Lipinski definition) is 1. The first-order valence-electron chi connectivity index (χ1n) is 5.60. The van der Waals surface area contributed by atoms with Gasteiger partial charge in [-0.15, -0.1) is 0 Å². The van der Waals surface area contributed by atoms with Gasteiger partial charge >= 0.3 is 0 Å². The smallest absolute Gasteiger partial charge is 0.254 e. The van der Waals surface area contributed by atoms with Crippen LogP contribution in [0.4, 0.5) is 5.82 Å². The lowest BCUT2D eigenvalue weighted by atomic mass is 10.1. The van der Waals surface area contributed by atoms with Crippen LogP contribution in [0.5, 0.6) is 0 Å². The lowest BCUT2D eigenvalue weighted by molar-refractivity contribution is 0.0743. The number of aromatic nitrogens is 1. The molecule has 1 amide bonds. The van der Waals surface area contributed by atoms with Gasteiger partial charge in [-0.25, -0.2) is 4.98 Å². The van der Waals surface area contributed by atoms with E-state index in [1.807, 2.05) is 4.90 Å². The molecule has 4 heteroatoms. The van der Waals surface area contributed by atoms with Gasteiger partial charge in [0.25, 0.3) is 5.91 Å². The van der Waals surface area contributed by atoms with Crippen LogP contribution >= 0.6 is 0 Å². The molecule has 1 aliphatic heterocycles. The van der Waals surface area contributed by atoms with Gasteiger partial charge in [-0.3, -0.25) is 4.79 Å². The number of amides is 1. The minimum absolute atomic E-state index is 0.0611. The molecule has 0 radical (unpaired) electrons. The summed E-state index contributed by atoms with van der Waals surface area (Å²) < 4.78 is 0. The molecule has 86 valence electrons. The Morgan fingerprint density at radius 3 is 2.88 bits per heavy atom. The van der Waals surface area contributed by atoms with Crippen molar-refractivity contribution in [3.05, 3.63) is 23.9 Å². The van der Waals surface area contributed by atoms with E-state index in [4.69, 9.17) is 5.73 Å². The third kappa shape index (κ3) is 2.01. The van der Waals surface area contributed by atoms with Crippen molar-refractivity contribution in [2.45, 2.75) is 26.3 Å². The zero-order valence-corrected chi connectivity index (χ0v) is 9.68. The number of carbonyl (C=O) groups is 1. The summed E-state index contributed by atoms with van der Waals surface area (Å²) in [7, 11) is 0. The molecule has 0 aromatic carbocycles. The van der Waals surface area contributed by atoms with E-state index in [0.29, 0.717) is 23.3 Å². The Kier molecular flexibility index (Phi) is 2.81. The Bertz CT molecular complexity index is 405. The second-order valence-corrected chi connectivity index (χ2v) is 4.62. The van der Waals surface area contributed by atoms with Gasteiger partial charge in [-0.2, -0.15) is 0 Å². The van der Waals surface area contributed by atoms with Crippen molar-refractivity contribution < 1.29 is 4.79 Å². The SMILES string of the molecule is CC1CC(C)N(C(=O)c2ccnc(N)c2)C1. The Hall–Kier alpha value is -1.58. The molecule has 0 spiro atoms. The highest BCUT2D eigenvalue weighted by Crippen LogP contribution is 2.24. The molecule has 1 fully saturated rings. The monoisotopic (exact) mass is 219 g/mol. The second kappa shape index (κ2) is 4.12. The maximum absolute atomic E-state index is 12.2. The third-order valence-corrected chi connectivity index (χ3v) is 3.07. The van der Waals surface area contributed by atoms with Crippen LogP contribution in [0.15, 0.2) is 18.3 Å². The fraction of sp³-hybridized carbons (Fsp3) is 0.500. The van der Waals surface area contributed by atoms with E-state index < -0.39 is 0 Å². The van der Waals surface area contributed by atoms with Gasteiger partial charge in [0.15, 0.2) is 0 Å². The first kappa shape index (κ1) is 10.9. The van der Waals surface area contributed by atoms with Crippen LogP contribution in [0.25, 0.3) is 0 Å². The molecule has 1 aliphatic rings. The summed E-state index contributed by atoms with van der Waals surface area (Å²) in [5, 5.41) is 0. The molecule has 2 rings (SSSR count). The number of likely N-dealkylation sites (tertiary alicyclic amines) is 1. The molecule has 2 N–H and O–H groups in total. The lowest BCUT2D eigenvalue weighted by Crippen LogP contribution is -2.34. The first-order chi connectivity index (χ1) is 7.58. The summed E-state index contributed by atoms with van der Waals surface area (Å²) in [5.74, 6) is 1.04. The quantitative estimate of drug-likeness (QED) is 0.779. The van der Waals surface area contributed by atoms with Crippen molar-refractivity contribution in [3.8, 4) is 0 Å². The van der Waals surface area contributed by atoms with Crippen molar-refractivity contribution in [2.75, 3.05) is 12.3 Å². The average Bonchev–Trinajstić information content (AvgIpc) is 2.57. The van der Waals surface area contributed by atoms with E-state index in [-0.39, 0.29) is 5.91 Å². The largest absolute Gasteiger partial charge is 0.384 e. The number of nitrogens with zero attached hydrogens (tertiary/aromatic N) is 2. The maximum Gasteiger partial charge on any atom is 0.254 e. The van der Waals surface area contributed by atoms with Gasteiger partial charge in [-0.05, 0) is 31.4 Å². The fourth-order valence-corrected chi connectivity index (χ4v) is 2.33. The number of carbonyl (C=O) groups excluding carboxylic acids is 1. The number of pyridine rings is 1. The summed E-state index contributed by atoms with van der Waals surface area (Å²) in [6.07, 6.45) is 2.65. The minimum Gasteiger partial charge on any atom is -0.384 e. The number of rotatable bonds is 1. The normalized spacial score (nSPS) is 24.8. The van der Waals surface area contributed by atoms with Gasteiger partial charge in [0.05, 0.1) is 0 Å². The number of anilines is 1. The Balaban J connectivity index is 2.19. The summed E-state index contributed by atoms with van der Waals surface area (Å²) in [4.78, 5) is 18.0. The van der Waals surface area contributed by atoms with E-state index >= 15 is 0 Å². The van der Waals surface area contributed by atoms with Crippen LogP contribution in [-0.2, 0) is 0 Å². The van der Waals surface area contributed by atoms with Crippen LogP contribution in [0.3, 0.4) is 0 Å². The minimum atomic E-state index is 0.0611. The highest BCUT2D eigenvalue weighted by molar-refractivity contribution is 5.95. The van der Waals surface area contributed by atoms with Crippen LogP contribution in [0.2, 0.25) is 0 Å². The molecule has 1 aromatic heterocycles. The van der Waals surface area contributed by atoms with Gasteiger partial charge in [-0.1, -0.05) is 6.92 Å². The molecule has 16 heavy (non-hydrogen) atoms. The summed E-state index contributed by atoms with van der Waals surface area (Å²) >= 11 is 0. The van der Waals surface area contributed by atoms with Crippen molar-refractivity contribution in [1.29, 1.82) is 0 Å². The van der Waals surface area contributed by atoms with Crippen LogP contribution < -0.4 is 5.73 Å². The van der Waals surface area contributed by atoms with Crippen molar-refractivity contribution in [3.63, 3.8) is 0 Å². The zero-order valence-electron chi connectivity index (χ0n) is 9.68. The molecular weight excluding hydrogens is 202 g/mol. The molecule has 2 heterocycles. The van der Waals surface area contributed by atoms with Gasteiger partial charge in [0.2, 0.25) is 0 Å². The standard InChI is InChI=1S/C12H17N3O/c1-8-5-9(2)15(7-8)12(16)10-3-4-14-11(13)6-10/h3-4,6,8-9H,5,7H2,1-2H3,(H2,13,14). The highest BCUT2D eigenvalue weighted by atomic mass is 16.2.